The summed E-state index contributed by atoms with van der Waals surface area (Å²) in [6, 6.07) is 8.71. The molecule has 32 heavy (non-hydrogen) atoms. The molecule has 1 saturated heterocycles. The summed E-state index contributed by atoms with van der Waals surface area (Å²) in [4.78, 5) is 61.9. The van der Waals surface area contributed by atoms with Crippen molar-refractivity contribution >= 4 is 29.5 Å². The molecule has 2 amide bonds. The van der Waals surface area contributed by atoms with E-state index in [0.29, 0.717) is 12.8 Å². The molecule has 1 aliphatic heterocycles. The third kappa shape index (κ3) is 4.36. The maximum atomic E-state index is 12.4. The van der Waals surface area contributed by atoms with Gasteiger partial charge in [-0.05, 0) is 49.2 Å². The van der Waals surface area contributed by atoms with Gasteiger partial charge in [0.1, 0.15) is 12.3 Å². The van der Waals surface area contributed by atoms with Crippen LogP contribution in [0.1, 0.15) is 33.8 Å². The number of Topliss-reactive ketones (excluding diaryl/α,β-unsaturated/α-hetero) is 1. The molecule has 2 aliphatic rings. The van der Waals surface area contributed by atoms with Crippen molar-refractivity contribution < 1.29 is 37.9 Å². The third-order valence-electron chi connectivity index (χ3n) is 5.36. The van der Waals surface area contributed by atoms with Crippen LogP contribution in [0.25, 0.3) is 0 Å². The number of allylic oxidation sites excluding steroid dienone is 2. The maximum Gasteiger partial charge on any atom is 0.379 e. The molecule has 2 heterocycles. The number of furan rings is 1. The number of fused-ring (bicyclic) bond motifs is 1. The molecule has 0 radical (unpaired) electrons. The second-order valence-corrected chi connectivity index (χ2v) is 7.39. The van der Waals surface area contributed by atoms with Crippen molar-refractivity contribution in [1.29, 1.82) is 0 Å². The Morgan fingerprint density at radius 1 is 0.969 bits per heavy atom. The van der Waals surface area contributed by atoms with E-state index in [1.165, 1.54) is 36.6 Å². The number of amides is 2. The molecule has 4 rings (SSSR count). The summed E-state index contributed by atoms with van der Waals surface area (Å²) in [6.07, 6.45) is 6.02. The number of imide groups is 1. The molecular formula is C23H19NO8. The van der Waals surface area contributed by atoms with E-state index in [9.17, 15) is 24.0 Å². The number of benzene rings is 1. The minimum atomic E-state index is -0.837. The highest BCUT2D eigenvalue weighted by molar-refractivity contribution is 6.07. The molecule has 0 saturated carbocycles. The van der Waals surface area contributed by atoms with Crippen LogP contribution >= 0.6 is 0 Å². The van der Waals surface area contributed by atoms with Crippen LogP contribution in [-0.4, -0.2) is 47.6 Å². The van der Waals surface area contributed by atoms with Crippen LogP contribution in [0.15, 0.2) is 59.2 Å². The number of nitrogens with zero attached hydrogens (tertiary/aromatic N) is 1. The van der Waals surface area contributed by atoms with Gasteiger partial charge in [0, 0.05) is 5.56 Å². The zero-order valence-corrected chi connectivity index (χ0v) is 16.9. The van der Waals surface area contributed by atoms with Crippen molar-refractivity contribution in [2.24, 2.45) is 11.8 Å². The van der Waals surface area contributed by atoms with Crippen molar-refractivity contribution in [1.82, 2.24) is 4.90 Å². The Kier molecular flexibility index (Phi) is 5.98. The molecule has 2 aromatic rings. The quantitative estimate of drug-likeness (QED) is 0.213. The lowest BCUT2D eigenvalue weighted by Crippen LogP contribution is -2.37. The second-order valence-electron chi connectivity index (χ2n) is 7.39. The smallest absolute Gasteiger partial charge is 0.379 e. The molecule has 1 aromatic carbocycles. The Morgan fingerprint density at radius 2 is 1.62 bits per heavy atom. The maximum absolute atomic E-state index is 12.4. The summed E-state index contributed by atoms with van der Waals surface area (Å²) < 4.78 is 15.0. The van der Waals surface area contributed by atoms with Crippen molar-refractivity contribution in [3.05, 3.63) is 66.1 Å². The van der Waals surface area contributed by atoms with Gasteiger partial charge in [0.25, 0.3) is 0 Å². The SMILES string of the molecule is O=C(CN1C(=O)C2CC=CCC2C1=O)OCC(=O)c1ccc(OC(=O)c2ccco2)cc1. The zero-order valence-electron chi connectivity index (χ0n) is 16.9. The average molecular weight is 437 g/mol. The van der Waals surface area contributed by atoms with E-state index in [1.807, 2.05) is 12.2 Å². The first-order valence-corrected chi connectivity index (χ1v) is 9.99. The zero-order chi connectivity index (χ0) is 22.7. The van der Waals surface area contributed by atoms with Gasteiger partial charge in [-0.15, -0.1) is 0 Å². The summed E-state index contributed by atoms with van der Waals surface area (Å²) in [7, 11) is 0. The van der Waals surface area contributed by atoms with E-state index in [0.717, 1.165) is 4.90 Å². The average Bonchev–Trinajstić information content (AvgIpc) is 3.42. The predicted octanol–water partition coefficient (Wildman–Crippen LogP) is 2.18. The van der Waals surface area contributed by atoms with Crippen LogP contribution in [0.5, 0.6) is 5.75 Å². The molecule has 1 aromatic heterocycles. The van der Waals surface area contributed by atoms with E-state index < -0.39 is 42.7 Å². The van der Waals surface area contributed by atoms with E-state index in [2.05, 4.69) is 0 Å². The van der Waals surface area contributed by atoms with E-state index in [1.54, 1.807) is 6.07 Å². The summed E-state index contributed by atoms with van der Waals surface area (Å²) in [6.45, 7) is -1.06. The van der Waals surface area contributed by atoms with Crippen LogP contribution in [0, 0.1) is 11.8 Å². The molecule has 1 aliphatic carbocycles. The van der Waals surface area contributed by atoms with Crippen LogP contribution < -0.4 is 4.74 Å². The number of esters is 2. The molecule has 164 valence electrons. The van der Waals surface area contributed by atoms with E-state index >= 15 is 0 Å². The van der Waals surface area contributed by atoms with Gasteiger partial charge in [0.05, 0.1) is 18.1 Å². The van der Waals surface area contributed by atoms with Gasteiger partial charge in [0.15, 0.2) is 12.4 Å². The van der Waals surface area contributed by atoms with Gasteiger partial charge in [-0.2, -0.15) is 0 Å². The number of carbonyl (C=O) groups is 5. The normalized spacial score (nSPS) is 19.6. The topological polar surface area (TPSA) is 120 Å². The van der Waals surface area contributed by atoms with Gasteiger partial charge in [-0.25, -0.2) is 4.79 Å². The highest BCUT2D eigenvalue weighted by Crippen LogP contribution is 2.34. The number of ether oxygens (including phenoxy) is 2. The molecular weight excluding hydrogens is 418 g/mol. The minimum Gasteiger partial charge on any atom is -0.457 e. The van der Waals surface area contributed by atoms with E-state index in [-0.39, 0.29) is 28.9 Å². The second kappa shape index (κ2) is 9.01. The first kappa shape index (κ1) is 21.2. The summed E-state index contributed by atoms with van der Waals surface area (Å²) in [5.74, 6) is -3.37. The molecule has 2 unspecified atom stereocenters. The predicted molar refractivity (Wildman–Crippen MR) is 107 cm³/mol. The molecule has 0 N–H and O–H groups in total. The van der Waals surface area contributed by atoms with Gasteiger partial charge < -0.3 is 13.9 Å². The Bertz CT molecular complexity index is 1060. The van der Waals surface area contributed by atoms with Gasteiger partial charge in [-0.3, -0.25) is 24.1 Å². The van der Waals surface area contributed by atoms with Gasteiger partial charge >= 0.3 is 11.9 Å². The number of carbonyl (C=O) groups excluding carboxylic acids is 5. The molecule has 0 bridgehead atoms. The fraction of sp³-hybridized carbons (Fsp3) is 0.261. The molecule has 1 fully saturated rings. The van der Waals surface area contributed by atoms with Crippen molar-refractivity contribution in [3.63, 3.8) is 0 Å². The Balaban J connectivity index is 1.27. The highest BCUT2D eigenvalue weighted by Gasteiger charge is 2.47. The largest absolute Gasteiger partial charge is 0.457 e. The fourth-order valence-corrected chi connectivity index (χ4v) is 3.69. The van der Waals surface area contributed by atoms with E-state index in [4.69, 9.17) is 13.9 Å². The molecule has 2 atom stereocenters. The van der Waals surface area contributed by atoms with Crippen LogP contribution in [0.2, 0.25) is 0 Å². The number of hydrogen-bond donors (Lipinski definition) is 0. The summed E-state index contributed by atoms with van der Waals surface area (Å²) in [5.41, 5.74) is 0.237. The van der Waals surface area contributed by atoms with Crippen LogP contribution in [-0.2, 0) is 19.1 Å². The molecule has 9 nitrogen and oxygen atoms in total. The Hall–Kier alpha value is -4.01. The monoisotopic (exact) mass is 437 g/mol. The van der Waals surface area contributed by atoms with Crippen molar-refractivity contribution in [2.45, 2.75) is 12.8 Å². The standard InChI is InChI=1S/C23H19NO8/c25-18(14-7-9-15(10-8-14)32-23(29)19-6-3-11-30-19)13-31-20(26)12-24-21(27)16-4-1-2-5-17(16)22(24)28/h1-3,6-11,16-17H,4-5,12-13H2. The van der Waals surface area contributed by atoms with Crippen LogP contribution in [0.3, 0.4) is 0 Å². The summed E-state index contributed by atoms with van der Waals surface area (Å²) >= 11 is 0. The lowest BCUT2D eigenvalue weighted by atomic mass is 9.85. The van der Waals surface area contributed by atoms with Crippen molar-refractivity contribution in [2.75, 3.05) is 13.2 Å². The first-order valence-electron chi connectivity index (χ1n) is 9.99. The molecule has 9 heteroatoms. The number of hydrogen-bond acceptors (Lipinski definition) is 8. The highest BCUT2D eigenvalue weighted by atomic mass is 16.5. The number of rotatable bonds is 7. The minimum absolute atomic E-state index is 0.0440. The number of ketones is 1. The first-order chi connectivity index (χ1) is 15.4. The molecule has 0 spiro atoms. The lowest BCUT2D eigenvalue weighted by Gasteiger charge is -2.14. The van der Waals surface area contributed by atoms with Gasteiger partial charge in [-0.1, -0.05) is 12.2 Å². The van der Waals surface area contributed by atoms with Crippen molar-refractivity contribution in [3.8, 4) is 5.75 Å². The Labute approximate surface area is 182 Å². The third-order valence-corrected chi connectivity index (χ3v) is 5.36. The fourth-order valence-electron chi connectivity index (χ4n) is 3.69. The van der Waals surface area contributed by atoms with Gasteiger partial charge in [0.2, 0.25) is 17.6 Å². The summed E-state index contributed by atoms with van der Waals surface area (Å²) in [5, 5.41) is 0. The lowest BCUT2D eigenvalue weighted by molar-refractivity contribution is -0.152. The van der Waals surface area contributed by atoms with Crippen LogP contribution in [0.4, 0.5) is 0 Å². The Morgan fingerprint density at radius 3 is 2.22 bits per heavy atom. The number of likely N-dealkylation sites (tertiary alicyclic amines) is 1.